The molecular formula is C20H21NO3. The third-order valence-electron chi connectivity index (χ3n) is 4.36. The smallest absolute Gasteiger partial charge is 0.355 e. The van der Waals surface area contributed by atoms with Crippen LogP contribution in [0.2, 0.25) is 0 Å². The van der Waals surface area contributed by atoms with E-state index in [9.17, 15) is 9.90 Å². The third kappa shape index (κ3) is 2.93. The highest BCUT2D eigenvalue weighted by Gasteiger charge is 2.21. The molecule has 2 aromatic carbocycles. The quantitative estimate of drug-likeness (QED) is 0.708. The first-order valence-electron chi connectivity index (χ1n) is 8.00. The molecule has 0 aliphatic rings. The summed E-state index contributed by atoms with van der Waals surface area (Å²) in [6.45, 7) is 5.56. The van der Waals surface area contributed by atoms with E-state index in [0.717, 1.165) is 33.2 Å². The molecule has 0 radical (unpaired) electrons. The number of H-pyrrole nitrogens is 1. The standard InChI is InChI=1S/C20H21NO3/c1-12-18(14(3)22)13(2)21-19(12)20(23)24-11-16-9-6-8-15-7-4-5-10-17(15)16/h4-10,14,21-22H,11H2,1-3H3/t14-/m0/s1. The fraction of sp³-hybridized carbons (Fsp3) is 0.250. The normalized spacial score (nSPS) is 12.3. The molecule has 0 fully saturated rings. The predicted molar refractivity (Wildman–Crippen MR) is 94.0 cm³/mol. The molecule has 0 spiro atoms. The number of esters is 1. The average molecular weight is 323 g/mol. The molecule has 4 heteroatoms. The monoisotopic (exact) mass is 323 g/mol. The Balaban J connectivity index is 1.82. The van der Waals surface area contributed by atoms with Gasteiger partial charge in [0.25, 0.3) is 0 Å². The fourth-order valence-electron chi connectivity index (χ4n) is 3.23. The molecule has 0 aliphatic carbocycles. The molecular weight excluding hydrogens is 302 g/mol. The van der Waals surface area contributed by atoms with Crippen molar-refractivity contribution < 1.29 is 14.6 Å². The van der Waals surface area contributed by atoms with Crippen LogP contribution in [0.3, 0.4) is 0 Å². The van der Waals surface area contributed by atoms with E-state index in [0.29, 0.717) is 5.69 Å². The maximum absolute atomic E-state index is 12.4. The summed E-state index contributed by atoms with van der Waals surface area (Å²) in [6, 6.07) is 14.0. The van der Waals surface area contributed by atoms with Crippen LogP contribution < -0.4 is 0 Å². The second-order valence-corrected chi connectivity index (χ2v) is 6.05. The van der Waals surface area contributed by atoms with Gasteiger partial charge in [-0.2, -0.15) is 0 Å². The van der Waals surface area contributed by atoms with Gasteiger partial charge in [-0.05, 0) is 42.7 Å². The van der Waals surface area contributed by atoms with Gasteiger partial charge in [0.1, 0.15) is 12.3 Å². The lowest BCUT2D eigenvalue weighted by Gasteiger charge is -2.08. The summed E-state index contributed by atoms with van der Waals surface area (Å²) in [4.78, 5) is 15.5. The van der Waals surface area contributed by atoms with Gasteiger partial charge in [0.15, 0.2) is 0 Å². The highest BCUT2D eigenvalue weighted by atomic mass is 16.5. The van der Waals surface area contributed by atoms with Crippen LogP contribution in [0.4, 0.5) is 0 Å². The Morgan fingerprint density at radius 2 is 1.88 bits per heavy atom. The van der Waals surface area contributed by atoms with Gasteiger partial charge in [-0.1, -0.05) is 42.5 Å². The Kier molecular flexibility index (Phi) is 4.40. The van der Waals surface area contributed by atoms with Gasteiger partial charge in [0.05, 0.1) is 6.10 Å². The summed E-state index contributed by atoms with van der Waals surface area (Å²) in [5.74, 6) is -0.407. The van der Waals surface area contributed by atoms with Crippen molar-refractivity contribution in [1.29, 1.82) is 0 Å². The highest BCUT2D eigenvalue weighted by molar-refractivity contribution is 5.90. The van der Waals surface area contributed by atoms with E-state index in [2.05, 4.69) is 4.98 Å². The molecule has 3 aromatic rings. The molecule has 124 valence electrons. The van der Waals surface area contributed by atoms with Crippen LogP contribution in [0.25, 0.3) is 10.8 Å². The van der Waals surface area contributed by atoms with Crippen LogP contribution in [0, 0.1) is 13.8 Å². The van der Waals surface area contributed by atoms with Crippen molar-refractivity contribution in [1.82, 2.24) is 4.98 Å². The SMILES string of the molecule is Cc1[nH]c(C(=O)OCc2cccc3ccccc23)c(C)c1[C@H](C)O. The predicted octanol–water partition coefficient (Wildman–Crippen LogP) is 4.20. The summed E-state index contributed by atoms with van der Waals surface area (Å²) >= 11 is 0. The van der Waals surface area contributed by atoms with Crippen LogP contribution in [-0.4, -0.2) is 16.1 Å². The van der Waals surface area contributed by atoms with Gasteiger partial charge in [0, 0.05) is 11.3 Å². The van der Waals surface area contributed by atoms with Crippen molar-refractivity contribution in [3.63, 3.8) is 0 Å². The van der Waals surface area contributed by atoms with Crippen molar-refractivity contribution in [2.24, 2.45) is 0 Å². The molecule has 1 heterocycles. The summed E-state index contributed by atoms with van der Waals surface area (Å²) < 4.78 is 5.50. The molecule has 0 saturated heterocycles. The van der Waals surface area contributed by atoms with Crippen LogP contribution in [0.15, 0.2) is 42.5 Å². The third-order valence-corrected chi connectivity index (χ3v) is 4.36. The number of carbonyl (C=O) groups is 1. The largest absolute Gasteiger partial charge is 0.456 e. The number of ether oxygens (including phenoxy) is 1. The highest BCUT2D eigenvalue weighted by Crippen LogP contribution is 2.25. The zero-order valence-corrected chi connectivity index (χ0v) is 14.1. The molecule has 3 rings (SSSR count). The molecule has 0 saturated carbocycles. The number of hydrogen-bond donors (Lipinski definition) is 2. The Labute approximate surface area is 141 Å². The molecule has 2 N–H and O–H groups in total. The summed E-state index contributed by atoms with van der Waals surface area (Å²) in [7, 11) is 0. The molecule has 0 bridgehead atoms. The van der Waals surface area contributed by atoms with Crippen molar-refractivity contribution in [3.05, 3.63) is 70.5 Å². The topological polar surface area (TPSA) is 62.3 Å². The average Bonchev–Trinajstić information content (AvgIpc) is 2.87. The number of aliphatic hydroxyl groups is 1. The van der Waals surface area contributed by atoms with E-state index in [-0.39, 0.29) is 6.61 Å². The maximum atomic E-state index is 12.4. The molecule has 0 unspecified atom stereocenters. The Hall–Kier alpha value is -2.59. The minimum absolute atomic E-state index is 0.210. The van der Waals surface area contributed by atoms with Crippen LogP contribution >= 0.6 is 0 Å². The van der Waals surface area contributed by atoms with Crippen molar-refractivity contribution in [3.8, 4) is 0 Å². The number of aromatic nitrogens is 1. The van der Waals surface area contributed by atoms with Crippen molar-refractivity contribution in [2.45, 2.75) is 33.5 Å². The lowest BCUT2D eigenvalue weighted by molar-refractivity contribution is 0.0467. The Morgan fingerprint density at radius 1 is 1.17 bits per heavy atom. The van der Waals surface area contributed by atoms with Gasteiger partial charge in [-0.3, -0.25) is 0 Å². The number of aryl methyl sites for hydroxylation is 1. The number of aliphatic hydroxyl groups excluding tert-OH is 1. The number of rotatable bonds is 4. The fourth-order valence-corrected chi connectivity index (χ4v) is 3.23. The maximum Gasteiger partial charge on any atom is 0.355 e. The van der Waals surface area contributed by atoms with Crippen LogP contribution in [0.1, 0.15) is 45.9 Å². The van der Waals surface area contributed by atoms with Crippen molar-refractivity contribution in [2.75, 3.05) is 0 Å². The van der Waals surface area contributed by atoms with Crippen LogP contribution in [0.5, 0.6) is 0 Å². The summed E-state index contributed by atoms with van der Waals surface area (Å²) in [5, 5.41) is 12.0. The van der Waals surface area contributed by atoms with Gasteiger partial charge < -0.3 is 14.8 Å². The molecule has 4 nitrogen and oxygen atoms in total. The summed E-state index contributed by atoms with van der Waals surface area (Å²) in [6.07, 6.45) is -0.624. The Morgan fingerprint density at radius 3 is 2.58 bits per heavy atom. The first-order chi connectivity index (χ1) is 11.5. The lowest BCUT2D eigenvalue weighted by Crippen LogP contribution is -2.08. The van der Waals surface area contributed by atoms with Gasteiger partial charge >= 0.3 is 5.97 Å². The molecule has 0 aliphatic heterocycles. The number of carbonyl (C=O) groups excluding carboxylic acids is 1. The number of fused-ring (bicyclic) bond motifs is 1. The molecule has 1 atom stereocenters. The second-order valence-electron chi connectivity index (χ2n) is 6.05. The first kappa shape index (κ1) is 16.3. The number of nitrogens with one attached hydrogen (secondary N) is 1. The molecule has 24 heavy (non-hydrogen) atoms. The second kappa shape index (κ2) is 6.49. The van der Waals surface area contributed by atoms with Gasteiger partial charge in [-0.15, -0.1) is 0 Å². The first-order valence-corrected chi connectivity index (χ1v) is 8.00. The molecule has 1 aromatic heterocycles. The lowest BCUT2D eigenvalue weighted by atomic mass is 10.1. The zero-order valence-electron chi connectivity index (χ0n) is 14.1. The Bertz CT molecular complexity index is 888. The number of benzene rings is 2. The van der Waals surface area contributed by atoms with E-state index >= 15 is 0 Å². The van der Waals surface area contributed by atoms with E-state index in [1.807, 2.05) is 56.3 Å². The van der Waals surface area contributed by atoms with E-state index in [1.54, 1.807) is 6.92 Å². The zero-order chi connectivity index (χ0) is 17.3. The van der Waals surface area contributed by atoms with E-state index in [4.69, 9.17) is 4.74 Å². The van der Waals surface area contributed by atoms with E-state index < -0.39 is 12.1 Å². The van der Waals surface area contributed by atoms with Gasteiger partial charge in [-0.25, -0.2) is 4.79 Å². The molecule has 0 amide bonds. The van der Waals surface area contributed by atoms with Crippen molar-refractivity contribution >= 4 is 16.7 Å². The van der Waals surface area contributed by atoms with Crippen LogP contribution in [-0.2, 0) is 11.3 Å². The van der Waals surface area contributed by atoms with Gasteiger partial charge in [0.2, 0.25) is 0 Å². The minimum atomic E-state index is -0.624. The van der Waals surface area contributed by atoms with E-state index in [1.165, 1.54) is 0 Å². The summed E-state index contributed by atoms with van der Waals surface area (Å²) in [5.41, 5.74) is 3.67. The number of hydrogen-bond acceptors (Lipinski definition) is 3. The minimum Gasteiger partial charge on any atom is -0.456 e. The number of aromatic amines is 1.